The smallest absolute Gasteiger partial charge is 0.263 e. The molecule has 2 aromatic carbocycles. The van der Waals surface area contributed by atoms with Crippen molar-refractivity contribution in [2.45, 2.75) is 24.7 Å². The minimum Gasteiger partial charge on any atom is -0.493 e. The maximum atomic E-state index is 12.8. The molecule has 0 fully saturated rings. The molecule has 0 unspecified atom stereocenters. The third kappa shape index (κ3) is 4.78. The van der Waals surface area contributed by atoms with Crippen LogP contribution in [0.4, 0.5) is 5.82 Å². The molecule has 1 heterocycles. The fourth-order valence-corrected chi connectivity index (χ4v) is 3.73. The Morgan fingerprint density at radius 2 is 1.66 bits per heavy atom. The lowest BCUT2D eigenvalue weighted by Gasteiger charge is -2.15. The Morgan fingerprint density at radius 3 is 2.28 bits per heavy atom. The molecule has 29 heavy (non-hydrogen) atoms. The third-order valence-electron chi connectivity index (χ3n) is 4.13. The van der Waals surface area contributed by atoms with Gasteiger partial charge < -0.3 is 9.47 Å². The molecule has 0 aliphatic heterocycles. The fraction of sp³-hybridized carbons (Fsp3) is 0.200. The Balaban J connectivity index is 1.94. The van der Waals surface area contributed by atoms with E-state index in [1.54, 1.807) is 48.5 Å². The first kappa shape index (κ1) is 20.9. The fourth-order valence-electron chi connectivity index (χ4n) is 2.55. The number of sulfonamides is 1. The van der Waals surface area contributed by atoms with E-state index in [0.29, 0.717) is 17.4 Å². The van der Waals surface area contributed by atoms with E-state index < -0.39 is 10.0 Å². The van der Waals surface area contributed by atoms with E-state index in [4.69, 9.17) is 21.1 Å². The second-order valence-corrected chi connectivity index (χ2v) is 8.46. The number of methoxy groups -OCH3 is 1. The standard InChI is InChI=1S/C20H20ClN3O4S/c1-13(2)14-8-10-15(11-9-14)29(25,26)24-20-18(19(21)22-12-23-20)28-17-7-5-4-6-16(17)27-3/h4-13H,1-3H3,(H,22,23,24). The predicted octanol–water partition coefficient (Wildman–Crippen LogP) is 4.86. The van der Waals surface area contributed by atoms with Gasteiger partial charge in [0, 0.05) is 0 Å². The molecule has 0 amide bonds. The molecule has 0 saturated carbocycles. The van der Waals surface area contributed by atoms with Crippen molar-refractivity contribution in [2.24, 2.45) is 0 Å². The Hall–Kier alpha value is -2.84. The van der Waals surface area contributed by atoms with Gasteiger partial charge >= 0.3 is 0 Å². The molecule has 0 saturated heterocycles. The van der Waals surface area contributed by atoms with Crippen molar-refractivity contribution in [3.8, 4) is 17.2 Å². The van der Waals surface area contributed by atoms with Crippen LogP contribution in [0.25, 0.3) is 0 Å². The zero-order valence-corrected chi connectivity index (χ0v) is 17.7. The maximum absolute atomic E-state index is 12.8. The summed E-state index contributed by atoms with van der Waals surface area (Å²) < 4.78 is 39.1. The lowest BCUT2D eigenvalue weighted by molar-refractivity contribution is 0.378. The maximum Gasteiger partial charge on any atom is 0.263 e. The average molecular weight is 434 g/mol. The molecule has 1 aromatic heterocycles. The molecule has 0 spiro atoms. The molecule has 9 heteroatoms. The first-order chi connectivity index (χ1) is 13.8. The van der Waals surface area contributed by atoms with Crippen molar-refractivity contribution in [3.63, 3.8) is 0 Å². The number of anilines is 1. The average Bonchev–Trinajstić information content (AvgIpc) is 2.70. The second kappa shape index (κ2) is 8.67. The predicted molar refractivity (Wildman–Crippen MR) is 111 cm³/mol. The highest BCUT2D eigenvalue weighted by Gasteiger charge is 2.21. The lowest BCUT2D eigenvalue weighted by Crippen LogP contribution is -2.15. The van der Waals surface area contributed by atoms with Gasteiger partial charge in [-0.2, -0.15) is 0 Å². The van der Waals surface area contributed by atoms with Gasteiger partial charge in [-0.05, 0) is 35.7 Å². The number of rotatable bonds is 7. The van der Waals surface area contributed by atoms with E-state index in [1.165, 1.54) is 7.11 Å². The van der Waals surface area contributed by atoms with E-state index in [1.807, 2.05) is 13.8 Å². The molecule has 0 bridgehead atoms. The number of para-hydroxylation sites is 2. The number of hydrogen-bond acceptors (Lipinski definition) is 6. The summed E-state index contributed by atoms with van der Waals surface area (Å²) in [5, 5.41) is -0.0428. The zero-order valence-electron chi connectivity index (χ0n) is 16.1. The molecule has 0 aliphatic rings. The first-order valence-corrected chi connectivity index (χ1v) is 10.6. The van der Waals surface area contributed by atoms with Gasteiger partial charge in [-0.15, -0.1) is 0 Å². The summed E-state index contributed by atoms with van der Waals surface area (Å²) in [6.45, 7) is 4.07. The Labute approximate surface area is 174 Å². The van der Waals surface area contributed by atoms with Gasteiger partial charge in [0.25, 0.3) is 10.0 Å². The molecular formula is C20H20ClN3O4S. The number of benzene rings is 2. The first-order valence-electron chi connectivity index (χ1n) is 8.76. The highest BCUT2D eigenvalue weighted by atomic mass is 35.5. The summed E-state index contributed by atoms with van der Waals surface area (Å²) in [6.07, 6.45) is 1.15. The Bertz CT molecular complexity index is 1100. The molecule has 0 aliphatic carbocycles. The van der Waals surface area contributed by atoms with Crippen LogP contribution in [0.15, 0.2) is 59.8 Å². The highest BCUT2D eigenvalue weighted by molar-refractivity contribution is 7.92. The third-order valence-corrected chi connectivity index (χ3v) is 5.75. The van der Waals surface area contributed by atoms with Gasteiger partial charge in [-0.1, -0.05) is 49.7 Å². The van der Waals surface area contributed by atoms with Crippen LogP contribution >= 0.6 is 11.6 Å². The van der Waals surface area contributed by atoms with Crippen LogP contribution in [0.5, 0.6) is 17.2 Å². The number of aromatic nitrogens is 2. The summed E-state index contributed by atoms with van der Waals surface area (Å²) in [4.78, 5) is 7.97. The van der Waals surface area contributed by atoms with E-state index in [9.17, 15) is 8.42 Å². The summed E-state index contributed by atoms with van der Waals surface area (Å²) >= 11 is 6.15. The van der Waals surface area contributed by atoms with Crippen molar-refractivity contribution in [3.05, 3.63) is 65.6 Å². The van der Waals surface area contributed by atoms with E-state index in [0.717, 1.165) is 11.9 Å². The summed E-state index contributed by atoms with van der Waals surface area (Å²) in [5.41, 5.74) is 1.04. The number of nitrogens with one attached hydrogen (secondary N) is 1. The van der Waals surface area contributed by atoms with Crippen molar-refractivity contribution in [2.75, 3.05) is 11.8 Å². The molecule has 7 nitrogen and oxygen atoms in total. The van der Waals surface area contributed by atoms with E-state index in [-0.39, 0.29) is 21.6 Å². The second-order valence-electron chi connectivity index (χ2n) is 6.42. The summed E-state index contributed by atoms with van der Waals surface area (Å²) in [7, 11) is -2.42. The number of nitrogens with zero attached hydrogens (tertiary/aromatic N) is 2. The SMILES string of the molecule is COc1ccccc1Oc1c(Cl)ncnc1NS(=O)(=O)c1ccc(C(C)C)cc1. The number of hydrogen-bond donors (Lipinski definition) is 1. The largest absolute Gasteiger partial charge is 0.493 e. The minimum absolute atomic E-state index is 0.0268. The molecule has 152 valence electrons. The van der Waals surface area contributed by atoms with Crippen LogP contribution in [-0.2, 0) is 10.0 Å². The summed E-state index contributed by atoms with van der Waals surface area (Å²) in [6, 6.07) is 13.5. The molecule has 0 radical (unpaired) electrons. The van der Waals surface area contributed by atoms with E-state index >= 15 is 0 Å². The topological polar surface area (TPSA) is 90.4 Å². The minimum atomic E-state index is -3.91. The van der Waals surface area contributed by atoms with Crippen LogP contribution in [0, 0.1) is 0 Å². The van der Waals surface area contributed by atoms with Gasteiger partial charge in [-0.25, -0.2) is 18.4 Å². The number of halogens is 1. The molecule has 1 N–H and O–H groups in total. The molecule has 3 aromatic rings. The van der Waals surface area contributed by atoms with Crippen molar-refractivity contribution in [1.29, 1.82) is 0 Å². The van der Waals surface area contributed by atoms with Crippen LogP contribution in [0.3, 0.4) is 0 Å². The monoisotopic (exact) mass is 433 g/mol. The van der Waals surface area contributed by atoms with Gasteiger partial charge in [0.1, 0.15) is 6.33 Å². The van der Waals surface area contributed by atoms with Gasteiger partial charge in [0.15, 0.2) is 22.5 Å². The van der Waals surface area contributed by atoms with Crippen LogP contribution in [0.1, 0.15) is 25.3 Å². The Kier molecular flexibility index (Phi) is 6.24. The van der Waals surface area contributed by atoms with Crippen LogP contribution in [-0.4, -0.2) is 25.5 Å². The Morgan fingerprint density at radius 1 is 1.00 bits per heavy atom. The van der Waals surface area contributed by atoms with Gasteiger partial charge in [-0.3, -0.25) is 4.72 Å². The normalized spacial score (nSPS) is 11.3. The molecule has 0 atom stereocenters. The summed E-state index contributed by atoms with van der Waals surface area (Å²) in [5.74, 6) is 0.977. The van der Waals surface area contributed by atoms with E-state index in [2.05, 4.69) is 14.7 Å². The zero-order chi connectivity index (χ0) is 21.0. The van der Waals surface area contributed by atoms with Crippen LogP contribution < -0.4 is 14.2 Å². The van der Waals surface area contributed by atoms with Gasteiger partial charge in [0.2, 0.25) is 5.75 Å². The van der Waals surface area contributed by atoms with Crippen molar-refractivity contribution >= 4 is 27.4 Å². The van der Waals surface area contributed by atoms with Crippen molar-refractivity contribution < 1.29 is 17.9 Å². The quantitative estimate of drug-likeness (QED) is 0.535. The molecule has 3 rings (SSSR count). The van der Waals surface area contributed by atoms with Gasteiger partial charge in [0.05, 0.1) is 12.0 Å². The highest BCUT2D eigenvalue weighted by Crippen LogP contribution is 2.38. The van der Waals surface area contributed by atoms with Crippen LogP contribution in [0.2, 0.25) is 5.15 Å². The lowest BCUT2D eigenvalue weighted by atomic mass is 10.0. The molecular weight excluding hydrogens is 414 g/mol. The van der Waals surface area contributed by atoms with Crippen molar-refractivity contribution in [1.82, 2.24) is 9.97 Å². The number of ether oxygens (including phenoxy) is 2.